The second-order valence-corrected chi connectivity index (χ2v) is 17.7. The molecule has 326 valence electrons. The van der Waals surface area contributed by atoms with Crippen molar-refractivity contribution < 1.29 is 28.6 Å². The average molecular weight is 779 g/mol. The molecule has 0 fully saturated rings. The molecular formula is C49H94O6. The van der Waals surface area contributed by atoms with E-state index in [0.717, 1.165) is 69.6 Å². The lowest BCUT2D eigenvalue weighted by Gasteiger charge is -2.18. The van der Waals surface area contributed by atoms with E-state index in [1.54, 1.807) is 0 Å². The summed E-state index contributed by atoms with van der Waals surface area (Å²) in [7, 11) is 0. The predicted octanol–water partition coefficient (Wildman–Crippen LogP) is 15.4. The molecule has 0 aromatic heterocycles. The van der Waals surface area contributed by atoms with Gasteiger partial charge in [-0.15, -0.1) is 0 Å². The molecule has 1 atom stereocenters. The van der Waals surface area contributed by atoms with Crippen molar-refractivity contribution >= 4 is 17.9 Å². The van der Waals surface area contributed by atoms with Gasteiger partial charge in [0.25, 0.3) is 0 Å². The molecule has 0 aliphatic rings. The zero-order valence-corrected chi connectivity index (χ0v) is 37.6. The van der Waals surface area contributed by atoms with Crippen molar-refractivity contribution in [3.05, 3.63) is 0 Å². The highest BCUT2D eigenvalue weighted by molar-refractivity contribution is 5.71. The Balaban J connectivity index is 4.30. The number of carbonyl (C=O) groups excluding carboxylic acids is 3. The zero-order valence-electron chi connectivity index (χ0n) is 37.6. The molecule has 6 nitrogen and oxygen atoms in total. The van der Waals surface area contributed by atoms with Crippen LogP contribution in [0.15, 0.2) is 0 Å². The highest BCUT2D eigenvalue weighted by Crippen LogP contribution is 2.17. The standard InChI is InChI=1S/C49H94O6/c1-6-7-8-9-10-11-12-13-16-19-24-29-34-39-47(50)53-42-46(55-49(52)41-36-31-26-21-23-28-33-38-45(4)5)43-54-48(51)40-35-30-25-20-17-14-15-18-22-27-32-37-44(2)3/h44-46H,6-43H2,1-5H3/t46-/m0/s1. The summed E-state index contributed by atoms with van der Waals surface area (Å²) in [6.45, 7) is 11.3. The summed E-state index contributed by atoms with van der Waals surface area (Å²) in [5.74, 6) is 0.749. The van der Waals surface area contributed by atoms with Crippen molar-refractivity contribution in [3.8, 4) is 0 Å². The van der Waals surface area contributed by atoms with Crippen LogP contribution in [0.4, 0.5) is 0 Å². The molecule has 0 saturated heterocycles. The van der Waals surface area contributed by atoms with E-state index in [4.69, 9.17) is 14.2 Å². The monoisotopic (exact) mass is 779 g/mol. The van der Waals surface area contributed by atoms with E-state index in [1.165, 1.54) is 154 Å². The van der Waals surface area contributed by atoms with Crippen LogP contribution in [0.2, 0.25) is 0 Å². The third kappa shape index (κ3) is 43.4. The van der Waals surface area contributed by atoms with Crippen LogP contribution in [-0.2, 0) is 28.6 Å². The van der Waals surface area contributed by atoms with E-state index in [0.29, 0.717) is 19.3 Å². The third-order valence-electron chi connectivity index (χ3n) is 11.0. The molecule has 6 heteroatoms. The fraction of sp³-hybridized carbons (Fsp3) is 0.939. The Morgan fingerprint density at radius 1 is 0.345 bits per heavy atom. The first kappa shape index (κ1) is 53.4. The van der Waals surface area contributed by atoms with E-state index in [2.05, 4.69) is 34.6 Å². The lowest BCUT2D eigenvalue weighted by atomic mass is 10.0. The Morgan fingerprint density at radius 3 is 0.891 bits per heavy atom. The SMILES string of the molecule is CCCCCCCCCCCCCCCC(=O)OC[C@@H](COC(=O)CCCCCCCCCCCCCC(C)C)OC(=O)CCCCCCCCCC(C)C. The number of unbranched alkanes of at least 4 members (excludes halogenated alkanes) is 28. The highest BCUT2D eigenvalue weighted by atomic mass is 16.6. The molecular weight excluding hydrogens is 685 g/mol. The van der Waals surface area contributed by atoms with Gasteiger partial charge in [0.15, 0.2) is 6.10 Å². The largest absolute Gasteiger partial charge is 0.462 e. The van der Waals surface area contributed by atoms with Crippen LogP contribution in [0.5, 0.6) is 0 Å². The van der Waals surface area contributed by atoms with E-state index in [9.17, 15) is 14.4 Å². The van der Waals surface area contributed by atoms with Gasteiger partial charge in [-0.05, 0) is 31.1 Å². The topological polar surface area (TPSA) is 78.9 Å². The van der Waals surface area contributed by atoms with Crippen molar-refractivity contribution in [1.29, 1.82) is 0 Å². The van der Waals surface area contributed by atoms with Crippen molar-refractivity contribution in [2.24, 2.45) is 11.8 Å². The summed E-state index contributed by atoms with van der Waals surface area (Å²) in [5.41, 5.74) is 0. The van der Waals surface area contributed by atoms with Gasteiger partial charge in [-0.1, -0.05) is 227 Å². The second-order valence-electron chi connectivity index (χ2n) is 17.7. The molecule has 0 rings (SSSR count). The normalized spacial score (nSPS) is 12.1. The van der Waals surface area contributed by atoms with Gasteiger partial charge in [0, 0.05) is 19.3 Å². The number of esters is 3. The van der Waals surface area contributed by atoms with E-state index >= 15 is 0 Å². The van der Waals surface area contributed by atoms with Gasteiger partial charge in [-0.3, -0.25) is 14.4 Å². The third-order valence-corrected chi connectivity index (χ3v) is 11.0. The van der Waals surface area contributed by atoms with Crippen LogP contribution in [0, 0.1) is 11.8 Å². The number of carbonyl (C=O) groups is 3. The first-order valence-electron chi connectivity index (χ1n) is 24.2. The average Bonchev–Trinajstić information content (AvgIpc) is 3.15. The van der Waals surface area contributed by atoms with Gasteiger partial charge in [0.1, 0.15) is 13.2 Å². The number of hydrogen-bond donors (Lipinski definition) is 0. The van der Waals surface area contributed by atoms with Crippen LogP contribution < -0.4 is 0 Å². The van der Waals surface area contributed by atoms with E-state index < -0.39 is 6.10 Å². The molecule has 0 bridgehead atoms. The fourth-order valence-electron chi connectivity index (χ4n) is 7.28. The van der Waals surface area contributed by atoms with Gasteiger partial charge < -0.3 is 14.2 Å². The summed E-state index contributed by atoms with van der Waals surface area (Å²) in [6.07, 6.45) is 40.9. The van der Waals surface area contributed by atoms with Crippen molar-refractivity contribution in [3.63, 3.8) is 0 Å². The minimum Gasteiger partial charge on any atom is -0.462 e. The number of hydrogen-bond acceptors (Lipinski definition) is 6. The summed E-state index contributed by atoms with van der Waals surface area (Å²) in [4.78, 5) is 37.8. The van der Waals surface area contributed by atoms with Gasteiger partial charge in [-0.25, -0.2) is 0 Å². The van der Waals surface area contributed by atoms with Crippen LogP contribution >= 0.6 is 0 Å². The zero-order chi connectivity index (χ0) is 40.5. The van der Waals surface area contributed by atoms with E-state index in [1.807, 2.05) is 0 Å². The molecule has 0 aliphatic carbocycles. The van der Waals surface area contributed by atoms with Crippen molar-refractivity contribution in [2.45, 2.75) is 272 Å². The molecule has 0 spiro atoms. The van der Waals surface area contributed by atoms with Gasteiger partial charge in [-0.2, -0.15) is 0 Å². The smallest absolute Gasteiger partial charge is 0.306 e. The molecule has 0 aromatic rings. The first-order chi connectivity index (χ1) is 26.7. The number of rotatable bonds is 43. The van der Waals surface area contributed by atoms with Gasteiger partial charge >= 0.3 is 17.9 Å². The summed E-state index contributed by atoms with van der Waals surface area (Å²) < 4.78 is 16.7. The van der Waals surface area contributed by atoms with Crippen LogP contribution in [0.1, 0.15) is 266 Å². The van der Waals surface area contributed by atoms with Gasteiger partial charge in [0.05, 0.1) is 0 Å². The highest BCUT2D eigenvalue weighted by Gasteiger charge is 2.19. The Bertz CT molecular complexity index is 839. The summed E-state index contributed by atoms with van der Waals surface area (Å²) >= 11 is 0. The molecule has 0 aromatic carbocycles. The lowest BCUT2D eigenvalue weighted by molar-refractivity contribution is -0.167. The molecule has 0 amide bonds. The Hall–Kier alpha value is -1.59. The quantitative estimate of drug-likeness (QED) is 0.0348. The van der Waals surface area contributed by atoms with Crippen molar-refractivity contribution in [1.82, 2.24) is 0 Å². The molecule has 55 heavy (non-hydrogen) atoms. The molecule has 0 unspecified atom stereocenters. The van der Waals surface area contributed by atoms with Crippen molar-refractivity contribution in [2.75, 3.05) is 13.2 Å². The molecule has 0 saturated carbocycles. The maximum absolute atomic E-state index is 12.7. The minimum atomic E-state index is -0.761. The van der Waals surface area contributed by atoms with Crippen LogP contribution in [0.25, 0.3) is 0 Å². The predicted molar refractivity (Wildman–Crippen MR) is 233 cm³/mol. The van der Waals surface area contributed by atoms with Gasteiger partial charge in [0.2, 0.25) is 0 Å². The molecule has 0 N–H and O–H groups in total. The first-order valence-corrected chi connectivity index (χ1v) is 24.2. The summed E-state index contributed by atoms with van der Waals surface area (Å²) in [6, 6.07) is 0. The number of ether oxygens (including phenoxy) is 3. The maximum Gasteiger partial charge on any atom is 0.306 e. The molecule has 0 aliphatic heterocycles. The minimum absolute atomic E-state index is 0.0649. The Labute approximate surface area is 342 Å². The second kappa shape index (κ2) is 42.0. The Morgan fingerprint density at radius 2 is 0.600 bits per heavy atom. The van der Waals surface area contributed by atoms with Crippen LogP contribution in [0.3, 0.4) is 0 Å². The fourth-order valence-corrected chi connectivity index (χ4v) is 7.28. The van der Waals surface area contributed by atoms with Crippen LogP contribution in [-0.4, -0.2) is 37.2 Å². The molecule has 0 heterocycles. The molecule has 0 radical (unpaired) electrons. The Kier molecular flexibility index (Phi) is 40.8. The van der Waals surface area contributed by atoms with E-state index in [-0.39, 0.29) is 31.1 Å². The lowest BCUT2D eigenvalue weighted by Crippen LogP contribution is -2.30. The maximum atomic E-state index is 12.7. The summed E-state index contributed by atoms with van der Waals surface area (Å²) in [5, 5.41) is 0.